The Hall–Kier alpha value is -3.67. The Morgan fingerprint density at radius 2 is 0.672 bits per heavy atom. The molecular weight excluding hydrogens is 721 g/mol. The molecule has 0 aromatic carbocycles. The van der Waals surface area contributed by atoms with Crippen molar-refractivity contribution in [3.8, 4) is 0 Å². The highest BCUT2D eigenvalue weighted by Gasteiger charge is 2.19. The summed E-state index contributed by atoms with van der Waals surface area (Å²) in [6.45, 7) is 6.30. The van der Waals surface area contributed by atoms with Crippen LogP contribution in [0.3, 0.4) is 0 Å². The van der Waals surface area contributed by atoms with Crippen LogP contribution in [0.25, 0.3) is 0 Å². The minimum atomic E-state index is -0.803. The molecule has 0 aliphatic carbocycles. The predicted molar refractivity (Wildman–Crippen MR) is 247 cm³/mol. The van der Waals surface area contributed by atoms with Gasteiger partial charge >= 0.3 is 17.9 Å². The van der Waals surface area contributed by atoms with E-state index in [1.807, 2.05) is 0 Å². The third kappa shape index (κ3) is 43.5. The van der Waals surface area contributed by atoms with E-state index in [0.717, 1.165) is 122 Å². The van der Waals surface area contributed by atoms with Crippen LogP contribution in [-0.4, -0.2) is 37.2 Å². The lowest BCUT2D eigenvalue weighted by molar-refractivity contribution is -0.167. The molecule has 58 heavy (non-hydrogen) atoms. The summed E-state index contributed by atoms with van der Waals surface area (Å²) in [6.07, 6.45) is 59.7. The second-order valence-corrected chi connectivity index (χ2v) is 14.9. The van der Waals surface area contributed by atoms with E-state index in [-0.39, 0.29) is 37.5 Å². The molecule has 1 unspecified atom stereocenters. The van der Waals surface area contributed by atoms with Crippen LogP contribution in [0, 0.1) is 0 Å². The van der Waals surface area contributed by atoms with Gasteiger partial charge in [-0.05, 0) is 96.3 Å². The molecule has 0 saturated carbocycles. The molecule has 0 aliphatic heterocycles. The van der Waals surface area contributed by atoms with E-state index in [1.54, 1.807) is 0 Å². The molecule has 0 aromatic heterocycles. The highest BCUT2D eigenvalue weighted by molar-refractivity contribution is 5.71. The highest BCUT2D eigenvalue weighted by Crippen LogP contribution is 2.12. The molecule has 0 fully saturated rings. The van der Waals surface area contributed by atoms with Crippen LogP contribution in [0.5, 0.6) is 0 Å². The van der Waals surface area contributed by atoms with Gasteiger partial charge < -0.3 is 14.2 Å². The van der Waals surface area contributed by atoms with Gasteiger partial charge in [0.2, 0.25) is 0 Å². The molecule has 0 rings (SSSR count). The van der Waals surface area contributed by atoms with Crippen molar-refractivity contribution in [3.05, 3.63) is 97.2 Å². The van der Waals surface area contributed by atoms with Crippen molar-refractivity contribution in [3.63, 3.8) is 0 Å². The fourth-order valence-corrected chi connectivity index (χ4v) is 5.89. The average molecular weight is 805 g/mol. The summed E-state index contributed by atoms with van der Waals surface area (Å²) in [7, 11) is 0. The van der Waals surface area contributed by atoms with Crippen molar-refractivity contribution in [2.45, 2.75) is 200 Å². The first-order valence-electron chi connectivity index (χ1n) is 23.2. The molecular formula is C52H84O6. The molecule has 0 saturated heterocycles. The number of carbonyl (C=O) groups excluding carboxylic acids is 3. The topological polar surface area (TPSA) is 78.9 Å². The van der Waals surface area contributed by atoms with Crippen LogP contribution in [0.1, 0.15) is 194 Å². The van der Waals surface area contributed by atoms with Crippen molar-refractivity contribution in [2.75, 3.05) is 13.2 Å². The van der Waals surface area contributed by atoms with E-state index >= 15 is 0 Å². The molecule has 6 heteroatoms. The Bertz CT molecular complexity index is 1200. The second kappa shape index (κ2) is 46.0. The first-order chi connectivity index (χ1) is 28.5. The summed E-state index contributed by atoms with van der Waals surface area (Å²) in [4.78, 5) is 37.7. The molecule has 0 spiro atoms. The van der Waals surface area contributed by atoms with Gasteiger partial charge in [-0.25, -0.2) is 0 Å². The second-order valence-electron chi connectivity index (χ2n) is 14.9. The van der Waals surface area contributed by atoms with Gasteiger partial charge in [0, 0.05) is 19.3 Å². The summed E-state index contributed by atoms with van der Waals surface area (Å²) in [6, 6.07) is 0. The lowest BCUT2D eigenvalue weighted by Crippen LogP contribution is -2.30. The molecule has 0 radical (unpaired) electrons. The molecule has 0 bridgehead atoms. The van der Waals surface area contributed by atoms with E-state index < -0.39 is 6.10 Å². The number of hydrogen-bond donors (Lipinski definition) is 0. The summed E-state index contributed by atoms with van der Waals surface area (Å²) in [5.41, 5.74) is 0. The van der Waals surface area contributed by atoms with Gasteiger partial charge in [0.1, 0.15) is 13.2 Å². The van der Waals surface area contributed by atoms with Crippen molar-refractivity contribution in [1.82, 2.24) is 0 Å². The fraction of sp³-hybridized carbons (Fsp3) is 0.635. The molecule has 0 N–H and O–H groups in total. The standard InChI is InChI=1S/C52H84O6/c1-4-7-10-13-16-19-21-23-24-25-26-27-28-30-31-33-36-39-42-45-51(54)57-48-49(47-56-50(53)44-41-38-35-18-15-12-9-6-3)58-52(55)46-43-40-37-34-32-29-22-20-17-14-11-8-5-2/h7-8,10-11,16-17,19-20,23-24,26-27,29-32,49H,4-6,9,12-15,18,21-22,25,28,33-48H2,1-3H3/b10-7-,11-8-,19-16-,20-17-,24-23-,27-26-,31-30-,32-29-. The number of rotatable bonds is 40. The minimum Gasteiger partial charge on any atom is -0.462 e. The number of carbonyl (C=O) groups is 3. The van der Waals surface area contributed by atoms with E-state index in [0.29, 0.717) is 12.8 Å². The maximum absolute atomic E-state index is 12.7. The van der Waals surface area contributed by atoms with E-state index in [1.165, 1.54) is 32.1 Å². The Morgan fingerprint density at radius 3 is 1.05 bits per heavy atom. The van der Waals surface area contributed by atoms with Crippen LogP contribution in [0.4, 0.5) is 0 Å². The highest BCUT2D eigenvalue weighted by atomic mass is 16.6. The summed E-state index contributed by atoms with van der Waals surface area (Å²) >= 11 is 0. The van der Waals surface area contributed by atoms with Crippen LogP contribution in [-0.2, 0) is 28.6 Å². The quantitative estimate of drug-likeness (QED) is 0.0266. The molecule has 328 valence electrons. The molecule has 0 aliphatic rings. The zero-order valence-electron chi connectivity index (χ0n) is 37.3. The smallest absolute Gasteiger partial charge is 0.306 e. The van der Waals surface area contributed by atoms with Gasteiger partial charge in [0.05, 0.1) is 0 Å². The number of unbranched alkanes of at least 4 members (excludes halogenated alkanes) is 13. The molecule has 0 amide bonds. The minimum absolute atomic E-state index is 0.101. The van der Waals surface area contributed by atoms with Gasteiger partial charge in [0.25, 0.3) is 0 Å². The van der Waals surface area contributed by atoms with Crippen LogP contribution in [0.2, 0.25) is 0 Å². The van der Waals surface area contributed by atoms with Gasteiger partial charge in [-0.15, -0.1) is 0 Å². The molecule has 0 heterocycles. The number of ether oxygens (including phenoxy) is 3. The fourth-order valence-electron chi connectivity index (χ4n) is 5.89. The van der Waals surface area contributed by atoms with E-state index in [9.17, 15) is 14.4 Å². The van der Waals surface area contributed by atoms with Gasteiger partial charge in [-0.3, -0.25) is 14.4 Å². The van der Waals surface area contributed by atoms with E-state index in [2.05, 4.69) is 118 Å². The molecule has 0 aromatic rings. The Morgan fingerprint density at radius 1 is 0.362 bits per heavy atom. The van der Waals surface area contributed by atoms with Crippen molar-refractivity contribution in [1.29, 1.82) is 0 Å². The van der Waals surface area contributed by atoms with Crippen molar-refractivity contribution in [2.24, 2.45) is 0 Å². The van der Waals surface area contributed by atoms with Gasteiger partial charge in [-0.1, -0.05) is 176 Å². The molecule has 1 atom stereocenters. The number of hydrogen-bond acceptors (Lipinski definition) is 6. The van der Waals surface area contributed by atoms with Crippen molar-refractivity contribution < 1.29 is 28.6 Å². The zero-order chi connectivity index (χ0) is 42.3. The summed E-state index contributed by atoms with van der Waals surface area (Å²) in [5.74, 6) is -0.978. The maximum atomic E-state index is 12.7. The van der Waals surface area contributed by atoms with Crippen LogP contribution in [0.15, 0.2) is 97.2 Å². The van der Waals surface area contributed by atoms with Gasteiger partial charge in [0.15, 0.2) is 6.10 Å². The largest absolute Gasteiger partial charge is 0.462 e. The summed E-state index contributed by atoms with van der Waals surface area (Å²) in [5, 5.41) is 0. The Balaban J connectivity index is 4.44. The first kappa shape index (κ1) is 54.3. The SMILES string of the molecule is CC/C=C\C/C=C\C/C=C\C/C=C\C/C=C\CCCCCC(=O)OCC(COC(=O)CCCCCCCCCC)OC(=O)CCCCC/C=C\C/C=C\C/C=C\CC. The zero-order valence-corrected chi connectivity index (χ0v) is 37.3. The number of allylic oxidation sites excluding steroid dienone is 16. The normalized spacial score (nSPS) is 12.9. The Labute approximate surface area is 356 Å². The monoisotopic (exact) mass is 805 g/mol. The van der Waals surface area contributed by atoms with E-state index in [4.69, 9.17) is 14.2 Å². The first-order valence-corrected chi connectivity index (χ1v) is 23.2. The average Bonchev–Trinajstić information content (AvgIpc) is 3.22. The molecule has 6 nitrogen and oxygen atoms in total. The predicted octanol–water partition coefficient (Wildman–Crippen LogP) is 15.0. The van der Waals surface area contributed by atoms with Crippen LogP contribution < -0.4 is 0 Å². The lowest BCUT2D eigenvalue weighted by Gasteiger charge is -2.18. The maximum Gasteiger partial charge on any atom is 0.306 e. The van der Waals surface area contributed by atoms with Gasteiger partial charge in [-0.2, -0.15) is 0 Å². The van der Waals surface area contributed by atoms with Crippen LogP contribution >= 0.6 is 0 Å². The Kier molecular flexibility index (Phi) is 43.1. The number of esters is 3. The lowest BCUT2D eigenvalue weighted by atomic mass is 10.1. The third-order valence-corrected chi connectivity index (χ3v) is 9.33. The van der Waals surface area contributed by atoms with Crippen molar-refractivity contribution >= 4 is 17.9 Å². The third-order valence-electron chi connectivity index (χ3n) is 9.33. The summed E-state index contributed by atoms with van der Waals surface area (Å²) < 4.78 is 16.6.